The molecule has 2 aromatic rings. The van der Waals surface area contributed by atoms with Crippen molar-refractivity contribution in [1.29, 1.82) is 0 Å². The second-order valence-electron chi connectivity index (χ2n) is 5.86. The van der Waals surface area contributed by atoms with Gasteiger partial charge >= 0.3 is 0 Å². The van der Waals surface area contributed by atoms with E-state index in [2.05, 4.69) is 62.4 Å². The highest BCUT2D eigenvalue weighted by Crippen LogP contribution is 2.22. The minimum atomic E-state index is 0.407. The van der Waals surface area contributed by atoms with Crippen LogP contribution in [0.2, 0.25) is 0 Å². The van der Waals surface area contributed by atoms with Gasteiger partial charge in [-0.15, -0.1) is 11.3 Å². The largest absolute Gasteiger partial charge is 0.357 e. The number of likely N-dealkylation sites (N-methyl/N-ethyl adjacent to an activating group) is 1. The van der Waals surface area contributed by atoms with Gasteiger partial charge in [-0.2, -0.15) is 0 Å². The molecule has 0 aromatic carbocycles. The zero-order chi connectivity index (χ0) is 15.4. The molecule has 1 unspecified atom stereocenters. The molecule has 21 heavy (non-hydrogen) atoms. The molecule has 0 bridgehead atoms. The van der Waals surface area contributed by atoms with Crippen LogP contribution in [0.15, 0.2) is 29.6 Å². The van der Waals surface area contributed by atoms with Crippen LogP contribution in [-0.2, 0) is 13.0 Å². The Bertz CT molecular complexity index is 563. The standard InChI is InChI=1S/C17H25N3S/c1-12(2)16-9-14(11-18)10-17(19-16)20(4)13(3)8-15-6-5-7-21-15/h5-7,9-10,12-13H,8,11,18H2,1-4H3. The minimum Gasteiger partial charge on any atom is -0.357 e. The summed E-state index contributed by atoms with van der Waals surface area (Å²) in [6, 6.07) is 8.93. The number of hydrogen-bond donors (Lipinski definition) is 1. The van der Waals surface area contributed by atoms with Crippen LogP contribution in [0.3, 0.4) is 0 Å². The highest BCUT2D eigenvalue weighted by Gasteiger charge is 2.15. The molecule has 3 nitrogen and oxygen atoms in total. The highest BCUT2D eigenvalue weighted by molar-refractivity contribution is 7.09. The molecular weight excluding hydrogens is 278 g/mol. The molecule has 2 N–H and O–H groups in total. The van der Waals surface area contributed by atoms with Gasteiger partial charge in [-0.3, -0.25) is 0 Å². The number of rotatable bonds is 6. The molecule has 0 aliphatic rings. The van der Waals surface area contributed by atoms with Crippen molar-refractivity contribution in [3.63, 3.8) is 0 Å². The lowest BCUT2D eigenvalue weighted by Crippen LogP contribution is -2.31. The average molecular weight is 303 g/mol. The van der Waals surface area contributed by atoms with Crippen LogP contribution in [0.5, 0.6) is 0 Å². The Morgan fingerprint density at radius 1 is 1.29 bits per heavy atom. The van der Waals surface area contributed by atoms with Crippen molar-refractivity contribution < 1.29 is 0 Å². The van der Waals surface area contributed by atoms with Gasteiger partial charge in [-0.25, -0.2) is 4.98 Å². The number of nitrogens with two attached hydrogens (primary N) is 1. The highest BCUT2D eigenvalue weighted by atomic mass is 32.1. The van der Waals surface area contributed by atoms with Crippen molar-refractivity contribution in [2.75, 3.05) is 11.9 Å². The van der Waals surface area contributed by atoms with Crippen molar-refractivity contribution >= 4 is 17.2 Å². The number of thiophene rings is 1. The van der Waals surface area contributed by atoms with E-state index in [4.69, 9.17) is 10.7 Å². The Labute approximate surface area is 131 Å². The summed E-state index contributed by atoms with van der Waals surface area (Å²) in [5.74, 6) is 1.43. The van der Waals surface area contributed by atoms with Crippen LogP contribution in [0.1, 0.15) is 42.8 Å². The predicted molar refractivity (Wildman–Crippen MR) is 92.1 cm³/mol. The molecule has 4 heteroatoms. The summed E-state index contributed by atoms with van der Waals surface area (Å²) < 4.78 is 0. The van der Waals surface area contributed by atoms with Gasteiger partial charge in [0.15, 0.2) is 0 Å². The van der Waals surface area contributed by atoms with Crippen LogP contribution >= 0.6 is 11.3 Å². The molecule has 114 valence electrons. The fourth-order valence-corrected chi connectivity index (χ4v) is 3.10. The zero-order valence-corrected chi connectivity index (χ0v) is 14.2. The third kappa shape index (κ3) is 4.05. The van der Waals surface area contributed by atoms with Crippen molar-refractivity contribution in [1.82, 2.24) is 4.98 Å². The number of aromatic nitrogens is 1. The van der Waals surface area contributed by atoms with Crippen LogP contribution in [-0.4, -0.2) is 18.1 Å². The van der Waals surface area contributed by atoms with Crippen LogP contribution in [0.4, 0.5) is 5.82 Å². The van der Waals surface area contributed by atoms with Crippen LogP contribution in [0.25, 0.3) is 0 Å². The van der Waals surface area contributed by atoms with Gasteiger partial charge in [0.1, 0.15) is 5.82 Å². The molecule has 0 spiro atoms. The van der Waals surface area contributed by atoms with E-state index < -0.39 is 0 Å². The SMILES string of the molecule is CC(C)c1cc(CN)cc(N(C)C(C)Cc2cccs2)n1. The summed E-state index contributed by atoms with van der Waals surface area (Å²) in [5.41, 5.74) is 8.09. The first-order valence-corrected chi connectivity index (χ1v) is 8.35. The van der Waals surface area contributed by atoms with E-state index in [1.54, 1.807) is 0 Å². The topological polar surface area (TPSA) is 42.1 Å². The van der Waals surface area contributed by atoms with E-state index in [0.717, 1.165) is 23.5 Å². The fourth-order valence-electron chi connectivity index (χ4n) is 2.27. The molecule has 0 amide bonds. The molecule has 0 aliphatic heterocycles. The quantitative estimate of drug-likeness (QED) is 0.882. The number of nitrogens with zero attached hydrogens (tertiary/aromatic N) is 2. The molecule has 0 saturated carbocycles. The summed E-state index contributed by atoms with van der Waals surface area (Å²) in [5, 5.41) is 2.13. The van der Waals surface area contributed by atoms with Gasteiger partial charge in [-0.05, 0) is 42.0 Å². The Balaban J connectivity index is 2.20. The van der Waals surface area contributed by atoms with E-state index in [9.17, 15) is 0 Å². The Hall–Kier alpha value is -1.39. The van der Waals surface area contributed by atoms with Gasteiger partial charge < -0.3 is 10.6 Å². The number of hydrogen-bond acceptors (Lipinski definition) is 4. The predicted octanol–water partition coefficient (Wildman–Crippen LogP) is 3.79. The Morgan fingerprint density at radius 2 is 2.05 bits per heavy atom. The molecule has 2 heterocycles. The maximum Gasteiger partial charge on any atom is 0.129 e. The monoisotopic (exact) mass is 303 g/mol. The molecule has 1 atom stereocenters. The Morgan fingerprint density at radius 3 is 2.62 bits per heavy atom. The molecule has 0 aliphatic carbocycles. The van der Waals surface area contributed by atoms with E-state index >= 15 is 0 Å². The van der Waals surface area contributed by atoms with Crippen molar-refractivity contribution in [2.24, 2.45) is 5.73 Å². The van der Waals surface area contributed by atoms with E-state index in [0.29, 0.717) is 18.5 Å². The second kappa shape index (κ2) is 7.05. The summed E-state index contributed by atoms with van der Waals surface area (Å²) >= 11 is 1.81. The third-order valence-corrected chi connectivity index (χ3v) is 4.72. The first-order valence-electron chi connectivity index (χ1n) is 7.47. The van der Waals surface area contributed by atoms with Gasteiger partial charge in [0.25, 0.3) is 0 Å². The lowest BCUT2D eigenvalue weighted by molar-refractivity contribution is 0.674. The summed E-state index contributed by atoms with van der Waals surface area (Å²) in [6.45, 7) is 7.14. The first kappa shape index (κ1) is 16.0. The third-order valence-electron chi connectivity index (χ3n) is 3.82. The van der Waals surface area contributed by atoms with Crippen molar-refractivity contribution in [3.05, 3.63) is 45.8 Å². The van der Waals surface area contributed by atoms with Gasteiger partial charge in [-0.1, -0.05) is 19.9 Å². The van der Waals surface area contributed by atoms with Crippen LogP contribution < -0.4 is 10.6 Å². The molecule has 2 aromatic heterocycles. The maximum atomic E-state index is 5.83. The van der Waals surface area contributed by atoms with Crippen LogP contribution in [0, 0.1) is 0 Å². The van der Waals surface area contributed by atoms with Crippen molar-refractivity contribution in [2.45, 2.75) is 45.7 Å². The van der Waals surface area contributed by atoms with Gasteiger partial charge in [0, 0.05) is 36.6 Å². The summed E-state index contributed by atoms with van der Waals surface area (Å²) in [7, 11) is 2.12. The molecule has 0 saturated heterocycles. The second-order valence-corrected chi connectivity index (χ2v) is 6.89. The molecular formula is C17H25N3S. The average Bonchev–Trinajstić information content (AvgIpc) is 2.98. The summed E-state index contributed by atoms with van der Waals surface area (Å²) in [4.78, 5) is 8.47. The lowest BCUT2D eigenvalue weighted by atomic mass is 10.1. The van der Waals surface area contributed by atoms with Gasteiger partial charge in [0.2, 0.25) is 0 Å². The van der Waals surface area contributed by atoms with E-state index in [1.807, 2.05) is 11.3 Å². The van der Waals surface area contributed by atoms with Crippen molar-refractivity contribution in [3.8, 4) is 0 Å². The maximum absolute atomic E-state index is 5.83. The van der Waals surface area contributed by atoms with E-state index in [-0.39, 0.29) is 0 Å². The number of anilines is 1. The molecule has 0 radical (unpaired) electrons. The normalized spacial score (nSPS) is 12.7. The smallest absolute Gasteiger partial charge is 0.129 e. The first-order chi connectivity index (χ1) is 10.0. The molecule has 2 rings (SSSR count). The van der Waals surface area contributed by atoms with Gasteiger partial charge in [0.05, 0.1) is 0 Å². The number of pyridine rings is 1. The summed E-state index contributed by atoms with van der Waals surface area (Å²) in [6.07, 6.45) is 1.04. The van der Waals surface area contributed by atoms with E-state index in [1.165, 1.54) is 4.88 Å². The fraction of sp³-hybridized carbons (Fsp3) is 0.471. The molecule has 0 fully saturated rings. The Kier molecular flexibility index (Phi) is 5.37. The minimum absolute atomic E-state index is 0.407. The lowest BCUT2D eigenvalue weighted by Gasteiger charge is -2.27. The zero-order valence-electron chi connectivity index (χ0n) is 13.3.